The van der Waals surface area contributed by atoms with E-state index in [1.165, 1.54) is 0 Å². The van der Waals surface area contributed by atoms with Crippen LogP contribution in [0.2, 0.25) is 0 Å². The fourth-order valence-electron chi connectivity index (χ4n) is 2.72. The van der Waals surface area contributed by atoms with Gasteiger partial charge in [-0.25, -0.2) is 9.97 Å². The summed E-state index contributed by atoms with van der Waals surface area (Å²) in [6.07, 6.45) is 1.60. The Morgan fingerprint density at radius 2 is 1.93 bits per heavy atom. The molecule has 1 amide bonds. The summed E-state index contributed by atoms with van der Waals surface area (Å²) in [6.45, 7) is 6.81. The minimum atomic E-state index is -0.126. The Morgan fingerprint density at radius 1 is 1.13 bits per heavy atom. The molecule has 30 heavy (non-hydrogen) atoms. The molecule has 0 bridgehead atoms. The van der Waals surface area contributed by atoms with Gasteiger partial charge in [0.05, 0.1) is 18.5 Å². The van der Waals surface area contributed by atoms with Crippen LogP contribution in [0.1, 0.15) is 48.1 Å². The van der Waals surface area contributed by atoms with Gasteiger partial charge in [0.2, 0.25) is 0 Å². The Kier molecular flexibility index (Phi) is 6.82. The molecular weight excluding hydrogens is 396 g/mol. The summed E-state index contributed by atoms with van der Waals surface area (Å²) in [5, 5.41) is 3.61. The van der Waals surface area contributed by atoms with Crippen LogP contribution in [0.15, 0.2) is 58.3 Å². The van der Waals surface area contributed by atoms with Crippen LogP contribution in [-0.4, -0.2) is 30.0 Å². The minimum absolute atomic E-state index is 0.0605. The van der Waals surface area contributed by atoms with Gasteiger partial charge in [0.25, 0.3) is 5.91 Å². The summed E-state index contributed by atoms with van der Waals surface area (Å²) in [5.41, 5.74) is 2.62. The number of carbonyl (C=O) groups excluding carboxylic acids is 1. The molecule has 158 valence electrons. The molecule has 1 aromatic carbocycles. The molecule has 0 unspecified atom stereocenters. The van der Waals surface area contributed by atoms with Gasteiger partial charge in [0.1, 0.15) is 11.6 Å². The average Bonchev–Trinajstić information content (AvgIpc) is 3.23. The van der Waals surface area contributed by atoms with Crippen LogP contribution in [0.25, 0.3) is 0 Å². The van der Waals surface area contributed by atoms with Crippen molar-refractivity contribution in [2.75, 3.05) is 19.0 Å². The van der Waals surface area contributed by atoms with E-state index in [0.717, 1.165) is 28.0 Å². The highest BCUT2D eigenvalue weighted by atomic mass is 32.2. The zero-order valence-electron chi connectivity index (χ0n) is 18.1. The van der Waals surface area contributed by atoms with Gasteiger partial charge < -0.3 is 14.6 Å². The van der Waals surface area contributed by atoms with Crippen LogP contribution in [-0.2, 0) is 17.7 Å². The van der Waals surface area contributed by atoms with Gasteiger partial charge >= 0.3 is 0 Å². The lowest BCUT2D eigenvalue weighted by atomic mass is 9.92. The molecule has 6 nitrogen and oxygen atoms in total. The molecule has 0 spiro atoms. The third-order valence-electron chi connectivity index (χ3n) is 4.48. The number of anilines is 1. The molecule has 0 aliphatic rings. The van der Waals surface area contributed by atoms with E-state index in [0.29, 0.717) is 17.9 Å². The molecule has 0 fully saturated rings. The van der Waals surface area contributed by atoms with E-state index in [9.17, 15) is 4.79 Å². The Bertz CT molecular complexity index is 995. The van der Waals surface area contributed by atoms with E-state index in [2.05, 4.69) is 31.1 Å². The topological polar surface area (TPSA) is 71.3 Å². The summed E-state index contributed by atoms with van der Waals surface area (Å²) < 4.78 is 5.26. The number of nitrogens with zero attached hydrogens (tertiary/aromatic N) is 3. The first kappa shape index (κ1) is 21.9. The van der Waals surface area contributed by atoms with Gasteiger partial charge in [-0.15, -0.1) is 0 Å². The molecule has 0 saturated heterocycles. The number of aromatic nitrogens is 2. The fraction of sp³-hybridized carbons (Fsp3) is 0.348. The van der Waals surface area contributed by atoms with Crippen LogP contribution in [0.4, 0.5) is 5.82 Å². The second-order valence-corrected chi connectivity index (χ2v) is 9.23. The molecule has 2 heterocycles. The number of rotatable bonds is 7. The van der Waals surface area contributed by atoms with Gasteiger partial charge in [-0.05, 0) is 29.8 Å². The number of thioether (sulfide) groups is 1. The number of nitrogens with one attached hydrogen (secondary N) is 1. The van der Waals surface area contributed by atoms with Gasteiger partial charge in [0.15, 0.2) is 5.16 Å². The largest absolute Gasteiger partial charge is 0.467 e. The van der Waals surface area contributed by atoms with Crippen molar-refractivity contribution in [3.8, 4) is 0 Å². The SMILES string of the molecule is CN(C)c1cc(C(C)(C)C)nc(SCc2cccc(C(=O)NCc3ccco3)c2)n1. The number of carbonyl (C=O) groups is 1. The van der Waals surface area contributed by atoms with Gasteiger partial charge in [-0.1, -0.05) is 44.7 Å². The van der Waals surface area contributed by atoms with E-state index in [1.54, 1.807) is 24.1 Å². The van der Waals surface area contributed by atoms with E-state index in [4.69, 9.17) is 9.40 Å². The van der Waals surface area contributed by atoms with Crippen LogP contribution >= 0.6 is 11.8 Å². The fourth-order valence-corrected chi connectivity index (χ4v) is 3.52. The highest BCUT2D eigenvalue weighted by Gasteiger charge is 2.19. The highest BCUT2D eigenvalue weighted by molar-refractivity contribution is 7.98. The van der Waals surface area contributed by atoms with Crippen molar-refractivity contribution >= 4 is 23.5 Å². The Morgan fingerprint density at radius 3 is 2.60 bits per heavy atom. The number of amides is 1. The van der Waals surface area contributed by atoms with E-state index < -0.39 is 0 Å². The number of furan rings is 1. The summed E-state index contributed by atoms with van der Waals surface area (Å²) in [6, 6.07) is 13.3. The third-order valence-corrected chi connectivity index (χ3v) is 5.40. The molecule has 2 aromatic heterocycles. The van der Waals surface area contributed by atoms with E-state index >= 15 is 0 Å². The van der Waals surface area contributed by atoms with E-state index in [-0.39, 0.29) is 11.3 Å². The van der Waals surface area contributed by atoms with Crippen LogP contribution in [0.3, 0.4) is 0 Å². The summed E-state index contributed by atoms with van der Waals surface area (Å²) in [5.74, 6) is 2.17. The molecule has 0 radical (unpaired) electrons. The number of hydrogen-bond donors (Lipinski definition) is 1. The summed E-state index contributed by atoms with van der Waals surface area (Å²) in [7, 11) is 3.96. The third kappa shape index (κ3) is 5.86. The maximum absolute atomic E-state index is 12.5. The Balaban J connectivity index is 1.69. The average molecular weight is 425 g/mol. The minimum Gasteiger partial charge on any atom is -0.467 e. The van der Waals surface area contributed by atoms with Crippen molar-refractivity contribution < 1.29 is 9.21 Å². The zero-order valence-corrected chi connectivity index (χ0v) is 18.9. The van der Waals surface area contributed by atoms with E-state index in [1.807, 2.05) is 55.4 Å². The molecule has 1 N–H and O–H groups in total. The second kappa shape index (κ2) is 9.34. The van der Waals surface area contributed by atoms with Gasteiger partial charge in [0, 0.05) is 36.9 Å². The molecule has 3 aromatic rings. The molecular formula is C23H28N4O2S. The van der Waals surface area contributed by atoms with Crippen LogP contribution in [0.5, 0.6) is 0 Å². The Labute approximate surface area is 182 Å². The van der Waals surface area contributed by atoms with Crippen LogP contribution < -0.4 is 10.2 Å². The summed E-state index contributed by atoms with van der Waals surface area (Å²) in [4.78, 5) is 23.9. The lowest BCUT2D eigenvalue weighted by Crippen LogP contribution is -2.22. The first-order valence-electron chi connectivity index (χ1n) is 9.81. The number of hydrogen-bond acceptors (Lipinski definition) is 6. The summed E-state index contributed by atoms with van der Waals surface area (Å²) >= 11 is 1.57. The maximum Gasteiger partial charge on any atom is 0.251 e. The van der Waals surface area contributed by atoms with Gasteiger partial charge in [-0.2, -0.15) is 0 Å². The predicted molar refractivity (Wildman–Crippen MR) is 121 cm³/mol. The molecule has 0 saturated carbocycles. The molecule has 7 heteroatoms. The van der Waals surface area contributed by atoms with Crippen molar-refractivity contribution in [1.29, 1.82) is 0 Å². The first-order valence-corrected chi connectivity index (χ1v) is 10.8. The monoisotopic (exact) mass is 424 g/mol. The zero-order chi connectivity index (χ0) is 21.7. The van der Waals surface area contributed by atoms with Crippen molar-refractivity contribution in [3.05, 3.63) is 71.3 Å². The number of benzene rings is 1. The highest BCUT2D eigenvalue weighted by Crippen LogP contribution is 2.28. The molecule has 0 aliphatic heterocycles. The van der Waals surface area contributed by atoms with Crippen molar-refractivity contribution in [3.63, 3.8) is 0 Å². The van der Waals surface area contributed by atoms with Crippen molar-refractivity contribution in [2.24, 2.45) is 0 Å². The normalized spacial score (nSPS) is 11.4. The lowest BCUT2D eigenvalue weighted by Gasteiger charge is -2.21. The smallest absolute Gasteiger partial charge is 0.251 e. The lowest BCUT2D eigenvalue weighted by molar-refractivity contribution is 0.0948. The molecule has 3 rings (SSSR count). The molecule has 0 aliphatic carbocycles. The Hall–Kier alpha value is -2.80. The van der Waals surface area contributed by atoms with Crippen molar-refractivity contribution in [1.82, 2.24) is 15.3 Å². The first-order chi connectivity index (χ1) is 14.2. The second-order valence-electron chi connectivity index (χ2n) is 8.29. The molecule has 0 atom stereocenters. The quantitative estimate of drug-likeness (QED) is 0.439. The van der Waals surface area contributed by atoms with Gasteiger partial charge in [-0.3, -0.25) is 4.79 Å². The van der Waals surface area contributed by atoms with Crippen molar-refractivity contribution in [2.45, 2.75) is 43.6 Å². The predicted octanol–water partition coefficient (Wildman–Crippen LogP) is 4.66. The standard InChI is InChI=1S/C23H28N4O2S/c1-23(2,3)19-13-20(27(4)5)26-22(25-19)30-15-16-8-6-9-17(12-16)21(28)24-14-18-10-7-11-29-18/h6-13H,14-15H2,1-5H3,(H,24,28). The van der Waals surface area contributed by atoms with Crippen LogP contribution in [0, 0.1) is 0 Å². The maximum atomic E-state index is 12.5.